The molecule has 6 heteroatoms. The molecule has 0 aliphatic heterocycles. The Morgan fingerprint density at radius 1 is 1.05 bits per heavy atom. The minimum atomic E-state index is -4.47. The van der Waals surface area contributed by atoms with E-state index in [9.17, 15) is 17.6 Å². The first-order chi connectivity index (χ1) is 9.88. The molecule has 21 heavy (non-hydrogen) atoms. The van der Waals surface area contributed by atoms with Gasteiger partial charge in [0.2, 0.25) is 0 Å². The summed E-state index contributed by atoms with van der Waals surface area (Å²) in [6.07, 6.45) is -2.94. The van der Waals surface area contributed by atoms with E-state index >= 15 is 0 Å². The fourth-order valence-electron chi connectivity index (χ4n) is 2.29. The second-order valence-electron chi connectivity index (χ2n) is 4.67. The lowest BCUT2D eigenvalue weighted by atomic mass is 10.1. The first-order valence-corrected chi connectivity index (χ1v) is 6.19. The van der Waals surface area contributed by atoms with E-state index in [1.54, 1.807) is 6.92 Å². The second kappa shape index (κ2) is 4.58. The molecule has 0 N–H and O–H groups in total. The van der Waals surface area contributed by atoms with Crippen molar-refractivity contribution in [3.63, 3.8) is 0 Å². The number of halogens is 4. The molecule has 0 aliphatic rings. The summed E-state index contributed by atoms with van der Waals surface area (Å²) in [6.45, 7) is 1.68. The van der Waals surface area contributed by atoms with Crippen molar-refractivity contribution >= 4 is 5.65 Å². The molecule has 0 amide bonds. The Morgan fingerprint density at radius 2 is 1.71 bits per heavy atom. The van der Waals surface area contributed by atoms with E-state index in [4.69, 9.17) is 0 Å². The normalized spacial score (nSPS) is 12.0. The van der Waals surface area contributed by atoms with E-state index in [2.05, 4.69) is 4.98 Å². The minimum Gasteiger partial charge on any atom is -0.303 e. The third kappa shape index (κ3) is 2.26. The zero-order valence-corrected chi connectivity index (χ0v) is 10.9. The van der Waals surface area contributed by atoms with Crippen molar-refractivity contribution in [3.05, 3.63) is 59.7 Å². The fraction of sp³-hybridized carbons (Fsp3) is 0.133. The number of hydrogen-bond acceptors (Lipinski definition) is 1. The van der Waals surface area contributed by atoms with E-state index in [1.807, 2.05) is 0 Å². The molecule has 1 aromatic carbocycles. The van der Waals surface area contributed by atoms with Crippen LogP contribution in [0, 0.1) is 12.7 Å². The van der Waals surface area contributed by atoms with Gasteiger partial charge >= 0.3 is 6.18 Å². The maximum atomic E-state index is 13.0. The summed E-state index contributed by atoms with van der Waals surface area (Å²) in [5.74, 6) is -0.406. The van der Waals surface area contributed by atoms with Crippen LogP contribution in [-0.2, 0) is 6.18 Å². The summed E-state index contributed by atoms with van der Waals surface area (Å²) in [6, 6.07) is 7.83. The Bertz CT molecular complexity index is 801. The average Bonchev–Trinajstić information content (AvgIpc) is 2.76. The number of aromatic nitrogens is 2. The predicted octanol–water partition coefficient (Wildman–Crippen LogP) is 4.47. The molecule has 2 heterocycles. The van der Waals surface area contributed by atoms with Crippen LogP contribution in [-0.4, -0.2) is 9.38 Å². The van der Waals surface area contributed by atoms with Crippen molar-refractivity contribution in [2.75, 3.05) is 0 Å². The van der Waals surface area contributed by atoms with Gasteiger partial charge in [-0.2, -0.15) is 13.2 Å². The first kappa shape index (κ1) is 13.6. The highest BCUT2D eigenvalue weighted by molar-refractivity contribution is 5.68. The molecule has 2 nitrogen and oxygen atoms in total. The van der Waals surface area contributed by atoms with Gasteiger partial charge in [0, 0.05) is 17.5 Å². The van der Waals surface area contributed by atoms with Crippen LogP contribution in [0.1, 0.15) is 11.3 Å². The summed E-state index contributed by atoms with van der Waals surface area (Å²) in [4.78, 5) is 4.10. The number of imidazole rings is 1. The quantitative estimate of drug-likeness (QED) is 0.605. The molecule has 0 unspecified atom stereocenters. The second-order valence-corrected chi connectivity index (χ2v) is 4.67. The number of alkyl halides is 3. The molecule has 3 rings (SSSR count). The lowest BCUT2D eigenvalue weighted by Crippen LogP contribution is -2.07. The summed E-state index contributed by atoms with van der Waals surface area (Å²) in [7, 11) is 0. The van der Waals surface area contributed by atoms with Gasteiger partial charge in [-0.25, -0.2) is 9.37 Å². The van der Waals surface area contributed by atoms with Crippen molar-refractivity contribution < 1.29 is 17.6 Å². The monoisotopic (exact) mass is 294 g/mol. The fourth-order valence-corrected chi connectivity index (χ4v) is 2.29. The largest absolute Gasteiger partial charge is 0.419 e. The van der Waals surface area contributed by atoms with Gasteiger partial charge in [-0.1, -0.05) is 0 Å². The van der Waals surface area contributed by atoms with Gasteiger partial charge in [0.15, 0.2) is 0 Å². The molecule has 0 bridgehead atoms. The Hall–Kier alpha value is -2.37. The van der Waals surface area contributed by atoms with Crippen LogP contribution in [0.15, 0.2) is 42.6 Å². The van der Waals surface area contributed by atoms with Gasteiger partial charge < -0.3 is 4.40 Å². The topological polar surface area (TPSA) is 17.3 Å². The van der Waals surface area contributed by atoms with Gasteiger partial charge in [-0.15, -0.1) is 0 Å². The van der Waals surface area contributed by atoms with Crippen molar-refractivity contribution in [3.8, 4) is 11.3 Å². The number of hydrogen-bond donors (Lipinski definition) is 0. The maximum absolute atomic E-state index is 13.0. The zero-order valence-electron chi connectivity index (χ0n) is 10.9. The van der Waals surface area contributed by atoms with Crippen molar-refractivity contribution in [1.29, 1.82) is 0 Å². The van der Waals surface area contributed by atoms with Crippen LogP contribution in [0.5, 0.6) is 0 Å². The number of pyridine rings is 1. The molecule has 0 saturated carbocycles. The molecule has 2 aromatic heterocycles. The van der Waals surface area contributed by atoms with Gasteiger partial charge in [0.1, 0.15) is 11.5 Å². The number of aryl methyl sites for hydroxylation is 1. The van der Waals surface area contributed by atoms with Gasteiger partial charge in [-0.05, 0) is 43.3 Å². The molecule has 0 fully saturated rings. The highest BCUT2D eigenvalue weighted by atomic mass is 19.4. The first-order valence-electron chi connectivity index (χ1n) is 6.19. The standard InChI is InChI=1S/C15H10F4N2/c1-9-13(10-4-6-11(16)7-5-10)20-14-12(15(17,18)19)3-2-8-21(9)14/h2-8H,1H3. The lowest BCUT2D eigenvalue weighted by Gasteiger charge is -2.07. The molecule has 0 atom stereocenters. The SMILES string of the molecule is Cc1c(-c2ccc(F)cc2)nc2c(C(F)(F)F)cccn12. The highest BCUT2D eigenvalue weighted by Gasteiger charge is 2.34. The van der Waals surface area contributed by atoms with E-state index in [0.717, 1.165) is 6.07 Å². The summed E-state index contributed by atoms with van der Waals surface area (Å²) < 4.78 is 53.4. The highest BCUT2D eigenvalue weighted by Crippen LogP contribution is 2.34. The van der Waals surface area contributed by atoms with Crippen molar-refractivity contribution in [1.82, 2.24) is 9.38 Å². The van der Waals surface area contributed by atoms with Crippen LogP contribution in [0.2, 0.25) is 0 Å². The Kier molecular flexibility index (Phi) is 2.97. The Balaban J connectivity index is 2.27. The predicted molar refractivity (Wildman–Crippen MR) is 70.3 cm³/mol. The minimum absolute atomic E-state index is 0.151. The molecule has 108 valence electrons. The molecular weight excluding hydrogens is 284 g/mol. The molecule has 0 saturated heterocycles. The summed E-state index contributed by atoms with van der Waals surface area (Å²) >= 11 is 0. The van der Waals surface area contributed by atoms with Gasteiger partial charge in [0.25, 0.3) is 0 Å². The number of rotatable bonds is 1. The summed E-state index contributed by atoms with van der Waals surface area (Å²) in [5, 5.41) is 0. The third-order valence-electron chi connectivity index (χ3n) is 3.31. The van der Waals surface area contributed by atoms with Crippen LogP contribution in [0.25, 0.3) is 16.9 Å². The maximum Gasteiger partial charge on any atom is 0.419 e. The third-order valence-corrected chi connectivity index (χ3v) is 3.31. The molecule has 0 radical (unpaired) electrons. The van der Waals surface area contributed by atoms with Gasteiger partial charge in [0.05, 0.1) is 11.3 Å². The molecule has 0 spiro atoms. The molecule has 0 aliphatic carbocycles. The van der Waals surface area contributed by atoms with E-state index in [1.165, 1.54) is 40.9 Å². The van der Waals surface area contributed by atoms with Crippen LogP contribution in [0.3, 0.4) is 0 Å². The smallest absolute Gasteiger partial charge is 0.303 e. The van der Waals surface area contributed by atoms with E-state index in [0.29, 0.717) is 17.0 Å². The van der Waals surface area contributed by atoms with Crippen molar-refractivity contribution in [2.24, 2.45) is 0 Å². The van der Waals surface area contributed by atoms with Crippen LogP contribution in [0.4, 0.5) is 17.6 Å². The Morgan fingerprint density at radius 3 is 2.33 bits per heavy atom. The van der Waals surface area contributed by atoms with Crippen LogP contribution < -0.4 is 0 Å². The van der Waals surface area contributed by atoms with Crippen molar-refractivity contribution in [2.45, 2.75) is 13.1 Å². The average molecular weight is 294 g/mol. The van der Waals surface area contributed by atoms with E-state index < -0.39 is 17.6 Å². The number of fused-ring (bicyclic) bond motifs is 1. The lowest BCUT2D eigenvalue weighted by molar-refractivity contribution is -0.136. The summed E-state index contributed by atoms with van der Waals surface area (Å²) in [5.41, 5.74) is 0.614. The van der Waals surface area contributed by atoms with Gasteiger partial charge in [-0.3, -0.25) is 0 Å². The number of benzene rings is 1. The van der Waals surface area contributed by atoms with E-state index in [-0.39, 0.29) is 5.65 Å². The Labute approximate surface area is 117 Å². The van der Waals surface area contributed by atoms with Crippen LogP contribution >= 0.6 is 0 Å². The molecular formula is C15H10F4N2. The zero-order chi connectivity index (χ0) is 15.2. The number of nitrogens with zero attached hydrogens (tertiary/aromatic N) is 2. The molecule has 3 aromatic rings.